The second-order valence-electron chi connectivity index (χ2n) is 8.88. The maximum atomic E-state index is 13.0. The van der Waals surface area contributed by atoms with Crippen LogP contribution in [0.25, 0.3) is 5.69 Å². The highest BCUT2D eigenvalue weighted by molar-refractivity contribution is 6.53. The van der Waals surface area contributed by atoms with E-state index in [1.807, 2.05) is 42.5 Å². The number of rotatable bonds is 8. The van der Waals surface area contributed by atoms with Gasteiger partial charge in [-0.3, -0.25) is 19.1 Å². The van der Waals surface area contributed by atoms with E-state index in [2.05, 4.69) is 20.8 Å². The minimum absolute atomic E-state index is 0.179. The van der Waals surface area contributed by atoms with Crippen molar-refractivity contribution in [3.8, 4) is 17.2 Å². The van der Waals surface area contributed by atoms with Crippen molar-refractivity contribution in [2.75, 3.05) is 24.4 Å². The van der Waals surface area contributed by atoms with Crippen LogP contribution in [-0.2, 0) is 16.6 Å². The number of nitrogens with zero attached hydrogens (tertiary/aromatic N) is 4. The molecule has 202 valence electrons. The number of para-hydroxylation sites is 2. The third kappa shape index (κ3) is 5.12. The van der Waals surface area contributed by atoms with Gasteiger partial charge in [-0.15, -0.1) is 5.10 Å². The second kappa shape index (κ2) is 11.1. The molecule has 40 heavy (non-hydrogen) atoms. The molecule has 11 heteroatoms. The first-order valence-corrected chi connectivity index (χ1v) is 12.3. The van der Waals surface area contributed by atoms with Crippen molar-refractivity contribution in [3.05, 3.63) is 100.0 Å². The van der Waals surface area contributed by atoms with Gasteiger partial charge in [0.2, 0.25) is 0 Å². The van der Waals surface area contributed by atoms with Gasteiger partial charge in [0.1, 0.15) is 5.69 Å². The number of nitrogens with one attached hydrogen (secondary N) is 2. The van der Waals surface area contributed by atoms with Crippen LogP contribution in [-0.4, -0.2) is 46.8 Å². The van der Waals surface area contributed by atoms with Crippen LogP contribution < -0.4 is 25.7 Å². The van der Waals surface area contributed by atoms with Crippen molar-refractivity contribution in [2.45, 2.75) is 6.92 Å². The number of ether oxygens (including phenoxy) is 2. The van der Waals surface area contributed by atoms with Crippen LogP contribution in [0.2, 0.25) is 0 Å². The Labute approximate surface area is 229 Å². The Morgan fingerprint density at radius 1 is 1.02 bits per heavy atom. The fraction of sp³-hybridized carbons (Fsp3) is 0.138. The summed E-state index contributed by atoms with van der Waals surface area (Å²) >= 11 is 0. The van der Waals surface area contributed by atoms with Crippen molar-refractivity contribution in [1.29, 1.82) is 0 Å². The van der Waals surface area contributed by atoms with Crippen LogP contribution in [0.4, 0.5) is 11.4 Å². The van der Waals surface area contributed by atoms with E-state index in [0.717, 1.165) is 0 Å². The third-order valence-corrected chi connectivity index (χ3v) is 6.38. The summed E-state index contributed by atoms with van der Waals surface area (Å²) in [6, 6.07) is 21.4. The highest BCUT2D eigenvalue weighted by atomic mass is 16.5. The van der Waals surface area contributed by atoms with Crippen LogP contribution in [0.3, 0.4) is 0 Å². The summed E-state index contributed by atoms with van der Waals surface area (Å²) in [6.07, 6.45) is 1.48. The highest BCUT2D eigenvalue weighted by Crippen LogP contribution is 2.28. The third-order valence-electron chi connectivity index (χ3n) is 6.38. The minimum Gasteiger partial charge on any atom is -0.493 e. The molecule has 0 saturated heterocycles. The van der Waals surface area contributed by atoms with Gasteiger partial charge < -0.3 is 20.1 Å². The average Bonchev–Trinajstić information content (AvgIpc) is 3.39. The number of methoxy groups -OCH3 is 1. The number of hydrogen-bond donors (Lipinski definition) is 2. The standard InChI is InChI=1S/C29H26N6O5/c1-18-26(29(38)35(34(18)2)20-9-5-4-6-10-20)32-25(36)17-40-23-14-13-19(15-24(23)39-3)16-30-33-27-21-11-7-8-12-22(21)31-28(27)37/h4-16H,17H2,1-3H3,(H,32,36)(H,31,33,37)/b30-16-. The molecule has 2 heterocycles. The molecule has 1 aliphatic rings. The van der Waals surface area contributed by atoms with Crippen LogP contribution in [0, 0.1) is 6.92 Å². The van der Waals surface area contributed by atoms with Crippen molar-refractivity contribution in [3.63, 3.8) is 0 Å². The van der Waals surface area contributed by atoms with Gasteiger partial charge in [0, 0.05) is 12.6 Å². The summed E-state index contributed by atoms with van der Waals surface area (Å²) < 4.78 is 14.3. The van der Waals surface area contributed by atoms with E-state index in [-0.39, 0.29) is 29.5 Å². The van der Waals surface area contributed by atoms with Crippen molar-refractivity contribution in [1.82, 2.24) is 9.36 Å². The second-order valence-corrected chi connectivity index (χ2v) is 8.88. The molecule has 2 N–H and O–H groups in total. The lowest BCUT2D eigenvalue weighted by Gasteiger charge is -2.11. The Morgan fingerprint density at radius 2 is 1.77 bits per heavy atom. The quantitative estimate of drug-likeness (QED) is 0.263. The maximum absolute atomic E-state index is 13.0. The number of amides is 2. The number of carbonyl (C=O) groups is 2. The molecule has 4 aromatic rings. The zero-order valence-corrected chi connectivity index (χ0v) is 22.0. The summed E-state index contributed by atoms with van der Waals surface area (Å²) in [5.41, 5.74) is 3.38. The van der Waals surface area contributed by atoms with Crippen molar-refractivity contribution < 1.29 is 19.1 Å². The molecule has 0 saturated carbocycles. The average molecular weight is 539 g/mol. The molecule has 0 atom stereocenters. The number of carbonyl (C=O) groups excluding carboxylic acids is 2. The molecule has 11 nitrogen and oxygen atoms in total. The number of hydrogen-bond acceptors (Lipinski definition) is 7. The Hall–Kier alpha value is -5.45. The first kappa shape index (κ1) is 26.2. The molecule has 0 aliphatic carbocycles. The fourth-order valence-electron chi connectivity index (χ4n) is 4.27. The van der Waals surface area contributed by atoms with Crippen molar-refractivity contribution >= 4 is 35.1 Å². The number of anilines is 2. The normalized spacial score (nSPS) is 13.4. The van der Waals surface area contributed by atoms with E-state index in [4.69, 9.17) is 9.47 Å². The smallest absolute Gasteiger partial charge is 0.295 e. The summed E-state index contributed by atoms with van der Waals surface area (Å²) in [7, 11) is 3.22. The largest absolute Gasteiger partial charge is 0.493 e. The predicted octanol–water partition coefficient (Wildman–Crippen LogP) is 3.29. The molecule has 1 aromatic heterocycles. The number of fused-ring (bicyclic) bond motifs is 1. The van der Waals surface area contributed by atoms with Gasteiger partial charge >= 0.3 is 0 Å². The molecule has 0 radical (unpaired) electrons. The molecule has 0 bridgehead atoms. The van der Waals surface area contributed by atoms with Crippen LogP contribution in [0.15, 0.2) is 87.8 Å². The summed E-state index contributed by atoms with van der Waals surface area (Å²) in [5.74, 6) is -0.111. The lowest BCUT2D eigenvalue weighted by molar-refractivity contribution is -0.118. The van der Waals surface area contributed by atoms with E-state index in [9.17, 15) is 14.4 Å². The first-order valence-electron chi connectivity index (χ1n) is 12.3. The lowest BCUT2D eigenvalue weighted by Crippen LogP contribution is -2.25. The maximum Gasteiger partial charge on any atom is 0.295 e. The van der Waals surface area contributed by atoms with Gasteiger partial charge in [-0.25, -0.2) is 4.68 Å². The van der Waals surface area contributed by atoms with Gasteiger partial charge in [-0.1, -0.05) is 36.4 Å². The predicted molar refractivity (Wildman–Crippen MR) is 152 cm³/mol. The Bertz CT molecular complexity index is 1720. The van der Waals surface area contributed by atoms with E-state index in [1.54, 1.807) is 49.0 Å². The lowest BCUT2D eigenvalue weighted by atomic mass is 10.1. The highest BCUT2D eigenvalue weighted by Gasteiger charge is 2.25. The molecule has 2 amide bonds. The molecule has 0 spiro atoms. The Balaban J connectivity index is 1.25. The molecule has 3 aromatic carbocycles. The van der Waals surface area contributed by atoms with Crippen molar-refractivity contribution in [2.24, 2.45) is 17.3 Å². The summed E-state index contributed by atoms with van der Waals surface area (Å²) in [4.78, 5) is 37.9. The van der Waals surface area contributed by atoms with E-state index >= 15 is 0 Å². The molecular weight excluding hydrogens is 512 g/mol. The monoisotopic (exact) mass is 538 g/mol. The van der Waals surface area contributed by atoms with E-state index < -0.39 is 5.91 Å². The summed E-state index contributed by atoms with van der Waals surface area (Å²) in [5, 5.41) is 13.5. The minimum atomic E-state index is -0.496. The Kier molecular flexibility index (Phi) is 7.27. The van der Waals surface area contributed by atoms with Crippen LogP contribution in [0.5, 0.6) is 11.5 Å². The molecular formula is C29H26N6O5. The first-order chi connectivity index (χ1) is 19.4. The molecule has 5 rings (SSSR count). The van der Waals surface area contributed by atoms with E-state index in [0.29, 0.717) is 39.7 Å². The van der Waals surface area contributed by atoms with Crippen LogP contribution >= 0.6 is 0 Å². The Morgan fingerprint density at radius 3 is 2.55 bits per heavy atom. The van der Waals surface area contributed by atoms with Gasteiger partial charge in [0.05, 0.1) is 30.4 Å². The number of benzene rings is 3. The van der Waals surface area contributed by atoms with Crippen LogP contribution in [0.1, 0.15) is 16.8 Å². The SMILES string of the molecule is COc1cc(/C=N\N=C2C(=O)Nc3ccccc32)ccc1OCC(=O)Nc1c(C)n(C)n(-c2ccccc2)c1=O. The summed E-state index contributed by atoms with van der Waals surface area (Å²) in [6.45, 7) is 1.41. The molecule has 1 aliphatic heterocycles. The van der Waals surface area contributed by atoms with Gasteiger partial charge in [0.25, 0.3) is 17.4 Å². The zero-order chi connectivity index (χ0) is 28.2. The topological polar surface area (TPSA) is 128 Å². The van der Waals surface area contributed by atoms with Gasteiger partial charge in [0.15, 0.2) is 23.8 Å². The van der Waals surface area contributed by atoms with Gasteiger partial charge in [-0.05, 0) is 48.9 Å². The van der Waals surface area contributed by atoms with Gasteiger partial charge in [-0.2, -0.15) is 5.10 Å². The molecule has 0 unspecified atom stereocenters. The number of aromatic nitrogens is 2. The fourth-order valence-corrected chi connectivity index (χ4v) is 4.27. The molecule has 0 fully saturated rings. The van der Waals surface area contributed by atoms with E-state index in [1.165, 1.54) is 18.0 Å². The zero-order valence-electron chi connectivity index (χ0n) is 22.0.